The molecule has 1 aromatic carbocycles. The van der Waals surface area contributed by atoms with Crippen molar-refractivity contribution in [2.45, 2.75) is 12.6 Å². The third-order valence-electron chi connectivity index (χ3n) is 5.17. The third kappa shape index (κ3) is 6.38. The van der Waals surface area contributed by atoms with E-state index in [4.69, 9.17) is 9.90 Å². The Balaban J connectivity index is 0.000000454. The second-order valence-corrected chi connectivity index (χ2v) is 7.97. The highest BCUT2D eigenvalue weighted by atomic mass is 19.4. The standard InChI is InChI=1S/C23H22N4O2.C2HF3O2/c1-27(2)23(29)18-6-4-3-5-15(18)7-8-17-13-16(9-11-24-17)21-14-19-20(26-21)10-12-25-22(19)28;3-2(4,5)1(6)7/h3-9,11,13-14,26H,10,12H2,1-2H3,(H,25,28);(H,6,7)/b8-7+;. The second-order valence-electron chi connectivity index (χ2n) is 7.97. The van der Waals surface area contributed by atoms with Gasteiger partial charge in [0.25, 0.3) is 11.8 Å². The fourth-order valence-corrected chi connectivity index (χ4v) is 3.41. The Kier molecular flexibility index (Phi) is 7.93. The molecule has 0 saturated heterocycles. The first-order valence-electron chi connectivity index (χ1n) is 10.7. The van der Waals surface area contributed by atoms with Crippen molar-refractivity contribution in [1.29, 1.82) is 0 Å². The molecule has 4 rings (SSSR count). The predicted octanol–water partition coefficient (Wildman–Crippen LogP) is 3.87. The van der Waals surface area contributed by atoms with Crippen LogP contribution in [0.1, 0.15) is 37.7 Å². The highest BCUT2D eigenvalue weighted by Crippen LogP contribution is 2.25. The Labute approximate surface area is 204 Å². The van der Waals surface area contributed by atoms with Crippen LogP contribution in [-0.2, 0) is 11.2 Å². The van der Waals surface area contributed by atoms with Gasteiger partial charge in [-0.25, -0.2) is 4.79 Å². The number of halogens is 3. The van der Waals surface area contributed by atoms with Gasteiger partial charge >= 0.3 is 12.1 Å². The van der Waals surface area contributed by atoms with E-state index in [-0.39, 0.29) is 11.8 Å². The Morgan fingerprint density at radius 3 is 2.44 bits per heavy atom. The average Bonchev–Trinajstić information content (AvgIpc) is 3.28. The van der Waals surface area contributed by atoms with Crippen LogP contribution in [-0.4, -0.2) is 64.6 Å². The van der Waals surface area contributed by atoms with E-state index < -0.39 is 12.1 Å². The predicted molar refractivity (Wildman–Crippen MR) is 127 cm³/mol. The van der Waals surface area contributed by atoms with Crippen LogP contribution in [0.3, 0.4) is 0 Å². The normalized spacial score (nSPS) is 12.9. The third-order valence-corrected chi connectivity index (χ3v) is 5.17. The zero-order valence-corrected chi connectivity index (χ0v) is 19.4. The van der Waals surface area contributed by atoms with Gasteiger partial charge in [-0.2, -0.15) is 13.2 Å². The molecular weight excluding hydrogens is 477 g/mol. The van der Waals surface area contributed by atoms with Crippen LogP contribution in [0.2, 0.25) is 0 Å². The van der Waals surface area contributed by atoms with Crippen LogP contribution >= 0.6 is 0 Å². The number of nitrogens with zero attached hydrogens (tertiary/aromatic N) is 2. The Morgan fingerprint density at radius 1 is 1.11 bits per heavy atom. The van der Waals surface area contributed by atoms with Gasteiger partial charge < -0.3 is 20.3 Å². The van der Waals surface area contributed by atoms with Crippen LogP contribution in [0.5, 0.6) is 0 Å². The van der Waals surface area contributed by atoms with Crippen molar-refractivity contribution in [3.8, 4) is 11.3 Å². The first-order valence-corrected chi connectivity index (χ1v) is 10.7. The highest BCUT2D eigenvalue weighted by Gasteiger charge is 2.38. The zero-order valence-electron chi connectivity index (χ0n) is 19.4. The number of alkyl halides is 3. The molecule has 2 amide bonds. The summed E-state index contributed by atoms with van der Waals surface area (Å²) in [6.45, 7) is 0.654. The number of carbonyl (C=O) groups is 3. The minimum atomic E-state index is -5.08. The molecule has 1 aliphatic rings. The molecule has 0 bridgehead atoms. The molecule has 0 saturated carbocycles. The molecule has 0 atom stereocenters. The molecule has 1 aliphatic heterocycles. The number of nitrogens with one attached hydrogen (secondary N) is 2. The number of hydrogen-bond acceptors (Lipinski definition) is 4. The smallest absolute Gasteiger partial charge is 0.475 e. The lowest BCUT2D eigenvalue weighted by atomic mass is 10.1. The quantitative estimate of drug-likeness (QED) is 0.503. The summed E-state index contributed by atoms with van der Waals surface area (Å²) in [4.78, 5) is 42.6. The van der Waals surface area contributed by atoms with Gasteiger partial charge in [-0.1, -0.05) is 24.3 Å². The first kappa shape index (κ1) is 26.2. The minimum absolute atomic E-state index is 0.0370. The number of carboxylic acid groups (broad SMARTS) is 1. The van der Waals surface area contributed by atoms with Crippen molar-refractivity contribution in [3.63, 3.8) is 0 Å². The molecule has 0 unspecified atom stereocenters. The molecule has 3 aromatic rings. The fraction of sp³-hybridized carbons (Fsp3) is 0.200. The van der Waals surface area contributed by atoms with Gasteiger partial charge in [0, 0.05) is 55.8 Å². The molecule has 36 heavy (non-hydrogen) atoms. The number of amides is 2. The summed E-state index contributed by atoms with van der Waals surface area (Å²) >= 11 is 0. The van der Waals surface area contributed by atoms with Crippen molar-refractivity contribution < 1.29 is 32.7 Å². The van der Waals surface area contributed by atoms with E-state index in [0.29, 0.717) is 17.7 Å². The van der Waals surface area contributed by atoms with Gasteiger partial charge in [-0.05, 0) is 35.9 Å². The summed E-state index contributed by atoms with van der Waals surface area (Å²) in [5, 5.41) is 9.99. The Hall–Kier alpha value is -4.41. The molecule has 11 heteroatoms. The summed E-state index contributed by atoms with van der Waals surface area (Å²) in [5.41, 5.74) is 5.78. The Morgan fingerprint density at radius 2 is 1.81 bits per heavy atom. The summed E-state index contributed by atoms with van der Waals surface area (Å²) in [6.07, 6.45) is 1.25. The van der Waals surface area contributed by atoms with Crippen molar-refractivity contribution >= 4 is 29.9 Å². The number of aliphatic carboxylic acids is 1. The van der Waals surface area contributed by atoms with Crippen molar-refractivity contribution in [2.24, 2.45) is 0 Å². The van der Waals surface area contributed by atoms with E-state index in [0.717, 1.165) is 34.6 Å². The van der Waals surface area contributed by atoms with Crippen molar-refractivity contribution in [3.05, 3.63) is 76.7 Å². The maximum Gasteiger partial charge on any atom is 0.490 e. The molecule has 8 nitrogen and oxygen atoms in total. The largest absolute Gasteiger partial charge is 0.490 e. The van der Waals surface area contributed by atoms with Crippen LogP contribution in [0.15, 0.2) is 48.7 Å². The lowest BCUT2D eigenvalue weighted by Gasteiger charge is -2.12. The van der Waals surface area contributed by atoms with Crippen molar-refractivity contribution in [2.75, 3.05) is 20.6 Å². The molecule has 3 heterocycles. The number of carboxylic acids is 1. The molecule has 3 N–H and O–H groups in total. The Bertz CT molecular complexity index is 1310. The van der Waals surface area contributed by atoms with Gasteiger partial charge in [-0.3, -0.25) is 14.6 Å². The zero-order chi connectivity index (χ0) is 26.5. The van der Waals surface area contributed by atoms with E-state index in [1.54, 1.807) is 25.2 Å². The number of benzene rings is 1. The van der Waals surface area contributed by atoms with Crippen LogP contribution in [0.25, 0.3) is 23.4 Å². The van der Waals surface area contributed by atoms with Gasteiger partial charge in [-0.15, -0.1) is 0 Å². The van der Waals surface area contributed by atoms with E-state index in [1.165, 1.54) is 0 Å². The first-order chi connectivity index (χ1) is 17.0. The monoisotopic (exact) mass is 500 g/mol. The van der Waals surface area contributed by atoms with Gasteiger partial charge in [0.15, 0.2) is 0 Å². The SMILES string of the molecule is CN(C)C(=O)c1ccccc1/C=C/c1cc(-c2cc3c([nH]2)CCNC3=O)ccn1.O=C(O)C(F)(F)F. The topological polar surface area (TPSA) is 115 Å². The number of hydrogen-bond donors (Lipinski definition) is 3. The maximum atomic E-state index is 12.4. The average molecular weight is 500 g/mol. The number of carbonyl (C=O) groups excluding carboxylic acids is 2. The maximum absolute atomic E-state index is 12.4. The summed E-state index contributed by atoms with van der Waals surface area (Å²) in [5.74, 6) is -2.83. The van der Waals surface area contributed by atoms with E-state index >= 15 is 0 Å². The minimum Gasteiger partial charge on any atom is -0.475 e. The van der Waals surface area contributed by atoms with E-state index in [9.17, 15) is 22.8 Å². The number of H-pyrrole nitrogens is 1. The molecule has 0 aliphatic carbocycles. The van der Waals surface area contributed by atoms with E-state index in [2.05, 4.69) is 15.3 Å². The number of rotatable bonds is 4. The summed E-state index contributed by atoms with van der Waals surface area (Å²) in [6, 6.07) is 13.3. The van der Waals surface area contributed by atoms with Gasteiger partial charge in [0.05, 0.1) is 11.3 Å². The van der Waals surface area contributed by atoms with Crippen LogP contribution < -0.4 is 5.32 Å². The van der Waals surface area contributed by atoms with Gasteiger partial charge in [0.1, 0.15) is 0 Å². The van der Waals surface area contributed by atoms with Crippen LogP contribution in [0, 0.1) is 0 Å². The van der Waals surface area contributed by atoms with Gasteiger partial charge in [0.2, 0.25) is 0 Å². The molecule has 0 fully saturated rings. The molecule has 0 spiro atoms. The lowest BCUT2D eigenvalue weighted by molar-refractivity contribution is -0.192. The fourth-order valence-electron chi connectivity index (χ4n) is 3.41. The number of aromatic nitrogens is 2. The number of aromatic amines is 1. The molecular formula is C25H23F3N4O4. The molecule has 2 aromatic heterocycles. The lowest BCUT2D eigenvalue weighted by Crippen LogP contribution is -2.31. The molecule has 0 radical (unpaired) electrons. The molecule has 188 valence electrons. The van der Waals surface area contributed by atoms with E-state index in [1.807, 2.05) is 54.6 Å². The summed E-state index contributed by atoms with van der Waals surface area (Å²) in [7, 11) is 3.48. The number of pyridine rings is 1. The van der Waals surface area contributed by atoms with Crippen molar-refractivity contribution in [1.82, 2.24) is 20.2 Å². The highest BCUT2D eigenvalue weighted by molar-refractivity contribution is 5.99. The second kappa shape index (κ2) is 10.9. The number of fused-ring (bicyclic) bond motifs is 1. The van der Waals surface area contributed by atoms with Crippen LogP contribution in [0.4, 0.5) is 13.2 Å². The summed E-state index contributed by atoms with van der Waals surface area (Å²) < 4.78 is 31.7.